The van der Waals surface area contributed by atoms with Gasteiger partial charge in [0.1, 0.15) is 0 Å². The standard InChI is InChI=1S/C57H68Si4/c1-39-21-25-45(26-22-39)57(46-27-23-40(2)24-28-46,47-29-41-17-15-19-53(55(41)35-47)43-31-49(58(3,4)5)37-50(32-43)59(6,7)8)48-30-42-18-16-20-54(56(42)36-48)44-33-51(60(9,10)11)38-52(34-44)61(12,13)14/h15-28,31-38H,29-30H2,1-14H3. The predicted molar refractivity (Wildman–Crippen MR) is 282 cm³/mol. The maximum atomic E-state index is 2.63. The van der Waals surface area contributed by atoms with Crippen LogP contribution in [0.25, 0.3) is 34.4 Å². The topological polar surface area (TPSA) is 0 Å². The van der Waals surface area contributed by atoms with E-state index in [1.165, 1.54) is 77.9 Å². The molecule has 0 aromatic heterocycles. The first-order valence-corrected chi connectivity index (χ1v) is 36.7. The van der Waals surface area contributed by atoms with E-state index < -0.39 is 37.7 Å². The lowest BCUT2D eigenvalue weighted by atomic mass is 9.63. The molecule has 6 aromatic carbocycles. The van der Waals surface area contributed by atoms with Crippen LogP contribution in [0.4, 0.5) is 0 Å². The van der Waals surface area contributed by atoms with Gasteiger partial charge in [-0.1, -0.05) is 244 Å². The monoisotopic (exact) mass is 864 g/mol. The minimum absolute atomic E-state index is 0.457. The second-order valence-corrected chi connectivity index (χ2v) is 42.8. The summed E-state index contributed by atoms with van der Waals surface area (Å²) in [7, 11) is -6.30. The van der Waals surface area contributed by atoms with Crippen LogP contribution in [0.1, 0.15) is 44.5 Å². The molecule has 0 heterocycles. The van der Waals surface area contributed by atoms with Gasteiger partial charge in [0.15, 0.2) is 0 Å². The third kappa shape index (κ3) is 8.22. The van der Waals surface area contributed by atoms with Crippen LogP contribution in [0.2, 0.25) is 78.6 Å². The number of fused-ring (bicyclic) bond motifs is 2. The number of benzene rings is 6. The van der Waals surface area contributed by atoms with Gasteiger partial charge >= 0.3 is 0 Å². The second-order valence-electron chi connectivity index (χ2n) is 22.5. The first-order valence-electron chi connectivity index (χ1n) is 22.7. The molecule has 0 bridgehead atoms. The van der Waals surface area contributed by atoms with E-state index in [0.717, 1.165) is 12.8 Å². The van der Waals surface area contributed by atoms with Crippen molar-refractivity contribution in [1.82, 2.24) is 0 Å². The first kappa shape index (κ1) is 43.3. The van der Waals surface area contributed by atoms with Gasteiger partial charge in [-0.15, -0.1) is 0 Å². The summed E-state index contributed by atoms with van der Waals surface area (Å²) in [6.07, 6.45) is 7.08. The fourth-order valence-electron chi connectivity index (χ4n) is 9.74. The van der Waals surface area contributed by atoms with E-state index >= 15 is 0 Å². The lowest BCUT2D eigenvalue weighted by molar-refractivity contribution is 0.684. The molecule has 8 rings (SSSR count). The van der Waals surface area contributed by atoms with Crippen LogP contribution in [-0.4, -0.2) is 32.3 Å². The van der Waals surface area contributed by atoms with Crippen molar-refractivity contribution in [2.24, 2.45) is 0 Å². The smallest absolute Gasteiger partial charge is 0.0656 e. The Labute approximate surface area is 373 Å². The van der Waals surface area contributed by atoms with Crippen LogP contribution in [0.5, 0.6) is 0 Å². The molecule has 2 aliphatic rings. The molecule has 0 N–H and O–H groups in total. The van der Waals surface area contributed by atoms with Crippen molar-refractivity contribution in [2.75, 3.05) is 0 Å². The Morgan fingerprint density at radius 3 is 0.984 bits per heavy atom. The second kappa shape index (κ2) is 15.5. The molecule has 0 spiro atoms. The van der Waals surface area contributed by atoms with E-state index in [4.69, 9.17) is 0 Å². The van der Waals surface area contributed by atoms with Gasteiger partial charge in [0.25, 0.3) is 0 Å². The lowest BCUT2D eigenvalue weighted by Gasteiger charge is -2.39. The Hall–Kier alpha value is -4.33. The van der Waals surface area contributed by atoms with Crippen LogP contribution in [0.15, 0.2) is 132 Å². The normalized spacial score (nSPS) is 14.5. The summed E-state index contributed by atoms with van der Waals surface area (Å²) >= 11 is 0. The SMILES string of the molecule is Cc1ccc(C(C2=Cc3c(cccc3-c3cc([Si](C)(C)C)cc([Si](C)(C)C)c3)C2)(C2=Cc3c(cccc3-c3cc([Si](C)(C)C)cc([Si](C)(C)C)c3)C2)c2ccc(C)cc2)cc1. The fourth-order valence-corrected chi connectivity index (χ4v) is 14.7. The zero-order valence-electron chi connectivity index (χ0n) is 39.6. The number of hydrogen-bond donors (Lipinski definition) is 0. The van der Waals surface area contributed by atoms with Gasteiger partial charge in [-0.2, -0.15) is 0 Å². The molecule has 0 aliphatic heterocycles. The van der Waals surface area contributed by atoms with Gasteiger partial charge in [0.2, 0.25) is 0 Å². The van der Waals surface area contributed by atoms with Gasteiger partial charge in [0.05, 0.1) is 37.7 Å². The van der Waals surface area contributed by atoms with Crippen molar-refractivity contribution in [2.45, 2.75) is 111 Å². The third-order valence-electron chi connectivity index (χ3n) is 13.7. The highest BCUT2D eigenvalue weighted by Gasteiger charge is 2.45. The summed E-state index contributed by atoms with van der Waals surface area (Å²) in [5.41, 5.74) is 19.0. The summed E-state index contributed by atoms with van der Waals surface area (Å²) in [5.74, 6) is 0. The molecule has 0 radical (unpaired) electrons. The van der Waals surface area contributed by atoms with Crippen LogP contribution in [0, 0.1) is 13.8 Å². The highest BCUT2D eigenvalue weighted by Crippen LogP contribution is 2.54. The maximum Gasteiger partial charge on any atom is 0.0776 e. The molecule has 0 saturated heterocycles. The average Bonchev–Trinajstić information content (AvgIpc) is 3.83. The fraction of sp³-hybridized carbons (Fsp3) is 0.298. The highest BCUT2D eigenvalue weighted by molar-refractivity contribution is 6.92. The Morgan fingerprint density at radius 2 is 0.689 bits per heavy atom. The summed E-state index contributed by atoms with van der Waals surface area (Å²) in [4.78, 5) is 0. The summed E-state index contributed by atoms with van der Waals surface area (Å²) in [6, 6.07) is 48.6. The van der Waals surface area contributed by atoms with Crippen molar-refractivity contribution in [3.05, 3.63) is 177 Å². The molecule has 0 nitrogen and oxygen atoms in total. The molecule has 0 fully saturated rings. The van der Waals surface area contributed by atoms with Crippen molar-refractivity contribution in [1.29, 1.82) is 0 Å². The molecular weight excluding hydrogens is 797 g/mol. The van der Waals surface area contributed by atoms with E-state index in [2.05, 4.69) is 226 Å². The van der Waals surface area contributed by atoms with Crippen molar-refractivity contribution in [3.8, 4) is 22.3 Å². The minimum atomic E-state index is -1.57. The largest absolute Gasteiger partial charge is 0.0776 e. The Balaban J connectivity index is 1.39. The van der Waals surface area contributed by atoms with E-state index in [0.29, 0.717) is 0 Å². The quantitative estimate of drug-likeness (QED) is 0.120. The number of allylic oxidation sites excluding steroid dienone is 2. The Bertz CT molecular complexity index is 2460. The zero-order chi connectivity index (χ0) is 43.9. The molecule has 0 unspecified atom stereocenters. The highest BCUT2D eigenvalue weighted by atomic mass is 28.3. The summed E-state index contributed by atoms with van der Waals surface area (Å²) < 4.78 is 0. The molecular formula is C57H68Si4. The molecule has 2 aliphatic carbocycles. The molecule has 61 heavy (non-hydrogen) atoms. The maximum absolute atomic E-state index is 2.63. The zero-order valence-corrected chi connectivity index (χ0v) is 43.6. The predicted octanol–water partition coefficient (Wildman–Crippen LogP) is 13.4. The van der Waals surface area contributed by atoms with Crippen LogP contribution < -0.4 is 20.7 Å². The molecule has 0 atom stereocenters. The van der Waals surface area contributed by atoms with Crippen LogP contribution in [-0.2, 0) is 18.3 Å². The van der Waals surface area contributed by atoms with Gasteiger partial charge in [-0.25, -0.2) is 0 Å². The van der Waals surface area contributed by atoms with E-state index in [-0.39, 0.29) is 0 Å². The Kier molecular flexibility index (Phi) is 11.0. The van der Waals surface area contributed by atoms with Gasteiger partial charge in [0, 0.05) is 0 Å². The average molecular weight is 866 g/mol. The lowest BCUT2D eigenvalue weighted by Crippen LogP contribution is -2.45. The van der Waals surface area contributed by atoms with Crippen LogP contribution in [0.3, 0.4) is 0 Å². The van der Waals surface area contributed by atoms with E-state index in [1.54, 1.807) is 20.7 Å². The van der Waals surface area contributed by atoms with Crippen molar-refractivity contribution in [3.63, 3.8) is 0 Å². The van der Waals surface area contributed by atoms with E-state index in [9.17, 15) is 0 Å². The van der Waals surface area contributed by atoms with Gasteiger partial charge in [-0.3, -0.25) is 0 Å². The minimum Gasteiger partial charge on any atom is -0.0656 e. The van der Waals surface area contributed by atoms with Gasteiger partial charge < -0.3 is 0 Å². The number of hydrogen-bond acceptors (Lipinski definition) is 0. The molecule has 312 valence electrons. The van der Waals surface area contributed by atoms with Crippen LogP contribution >= 0.6 is 0 Å². The first-order chi connectivity index (χ1) is 28.5. The summed E-state index contributed by atoms with van der Waals surface area (Å²) in [6.45, 7) is 34.4. The van der Waals surface area contributed by atoms with Crippen molar-refractivity contribution >= 4 is 65.2 Å². The summed E-state index contributed by atoms with van der Waals surface area (Å²) in [5, 5.41) is 6.25. The molecule has 0 saturated carbocycles. The van der Waals surface area contributed by atoms with E-state index in [1.807, 2.05) is 0 Å². The Morgan fingerprint density at radius 1 is 0.377 bits per heavy atom. The van der Waals surface area contributed by atoms with Gasteiger partial charge in [-0.05, 0) is 93.5 Å². The molecule has 4 heteroatoms. The number of aryl methyl sites for hydroxylation is 2. The third-order valence-corrected chi connectivity index (χ3v) is 21.8. The van der Waals surface area contributed by atoms with Crippen molar-refractivity contribution < 1.29 is 0 Å². The molecule has 0 amide bonds. The molecule has 6 aromatic rings. The number of rotatable bonds is 10.